The number of nitrogens with one attached hydrogen (secondary N) is 1. The fourth-order valence-corrected chi connectivity index (χ4v) is 2.17. The van der Waals surface area contributed by atoms with Gasteiger partial charge in [0.05, 0.1) is 5.52 Å². The Balaban J connectivity index is 2.72. The van der Waals surface area contributed by atoms with Crippen LogP contribution in [-0.4, -0.2) is 14.6 Å². The van der Waals surface area contributed by atoms with Gasteiger partial charge >= 0.3 is 0 Å². The predicted octanol–water partition coefficient (Wildman–Crippen LogP) is 2.14. The van der Waals surface area contributed by atoms with E-state index in [1.807, 2.05) is 19.1 Å². The van der Waals surface area contributed by atoms with Crippen LogP contribution >= 0.6 is 11.6 Å². The summed E-state index contributed by atoms with van der Waals surface area (Å²) >= 11 is 6.09. The van der Waals surface area contributed by atoms with Crippen molar-refractivity contribution in [3.8, 4) is 0 Å². The third-order valence-corrected chi connectivity index (χ3v) is 3.00. The van der Waals surface area contributed by atoms with Gasteiger partial charge in [-0.25, -0.2) is 5.10 Å². The zero-order valence-electron chi connectivity index (χ0n) is 8.49. The van der Waals surface area contributed by atoms with Gasteiger partial charge in [-0.3, -0.25) is 9.20 Å². The van der Waals surface area contributed by atoms with Crippen molar-refractivity contribution >= 4 is 28.0 Å². The Morgan fingerprint density at radius 1 is 1.38 bits per heavy atom. The normalized spacial score (nSPS) is 11.4. The Labute approximate surface area is 95.5 Å². The van der Waals surface area contributed by atoms with Crippen LogP contribution in [0.3, 0.4) is 0 Å². The molecule has 3 aromatic rings. The van der Waals surface area contributed by atoms with Gasteiger partial charge in [-0.05, 0) is 25.1 Å². The monoisotopic (exact) mass is 233 g/mol. The standard InChI is InChI=1S/C11H8ClN3O/c1-6-13-14-11(16)10-5-7-8(12)3-2-4-9(7)15(6)10/h2-5H,1H3,(H,14,16). The van der Waals surface area contributed by atoms with Crippen LogP contribution in [-0.2, 0) is 0 Å². The molecule has 0 aliphatic carbocycles. The number of benzene rings is 1. The molecule has 0 fully saturated rings. The van der Waals surface area contributed by atoms with Crippen molar-refractivity contribution < 1.29 is 0 Å². The molecule has 5 heteroatoms. The Kier molecular flexibility index (Phi) is 1.82. The molecule has 0 aliphatic rings. The molecule has 1 N–H and O–H groups in total. The van der Waals surface area contributed by atoms with E-state index in [1.54, 1.807) is 16.5 Å². The maximum Gasteiger partial charge on any atom is 0.288 e. The molecular weight excluding hydrogens is 226 g/mol. The van der Waals surface area contributed by atoms with E-state index >= 15 is 0 Å². The van der Waals surface area contributed by atoms with E-state index in [-0.39, 0.29) is 5.56 Å². The molecule has 2 aromatic heterocycles. The zero-order chi connectivity index (χ0) is 11.3. The number of hydrogen-bond acceptors (Lipinski definition) is 2. The Bertz CT molecular complexity index is 757. The van der Waals surface area contributed by atoms with Crippen LogP contribution < -0.4 is 5.56 Å². The minimum absolute atomic E-state index is 0.210. The highest BCUT2D eigenvalue weighted by Crippen LogP contribution is 2.25. The Hall–Kier alpha value is -1.81. The summed E-state index contributed by atoms with van der Waals surface area (Å²) in [5.74, 6) is 0.729. The summed E-state index contributed by atoms with van der Waals surface area (Å²) in [5.41, 5.74) is 1.26. The van der Waals surface area contributed by atoms with Gasteiger partial charge in [0.25, 0.3) is 5.56 Å². The first-order chi connectivity index (χ1) is 7.68. The molecular formula is C11H8ClN3O. The highest BCUT2D eigenvalue weighted by molar-refractivity contribution is 6.35. The third kappa shape index (κ3) is 1.10. The summed E-state index contributed by atoms with van der Waals surface area (Å²) in [7, 11) is 0. The van der Waals surface area contributed by atoms with Crippen LogP contribution in [0.25, 0.3) is 16.4 Å². The zero-order valence-corrected chi connectivity index (χ0v) is 9.25. The molecule has 16 heavy (non-hydrogen) atoms. The highest BCUT2D eigenvalue weighted by Gasteiger charge is 2.10. The van der Waals surface area contributed by atoms with Gasteiger partial charge < -0.3 is 0 Å². The second-order valence-corrected chi connectivity index (χ2v) is 4.04. The number of aryl methyl sites for hydroxylation is 1. The first kappa shape index (κ1) is 9.42. The number of aromatic nitrogens is 3. The second kappa shape index (κ2) is 3.09. The van der Waals surface area contributed by atoms with Crippen LogP contribution in [0.4, 0.5) is 0 Å². The molecule has 0 saturated carbocycles. The molecule has 0 atom stereocenters. The molecule has 1 aromatic carbocycles. The van der Waals surface area contributed by atoms with Crippen molar-refractivity contribution in [2.75, 3.05) is 0 Å². The number of fused-ring (bicyclic) bond motifs is 3. The van der Waals surface area contributed by atoms with Crippen molar-refractivity contribution in [2.24, 2.45) is 0 Å². The van der Waals surface area contributed by atoms with E-state index in [0.29, 0.717) is 10.5 Å². The van der Waals surface area contributed by atoms with E-state index in [0.717, 1.165) is 16.7 Å². The van der Waals surface area contributed by atoms with E-state index in [2.05, 4.69) is 10.2 Å². The number of H-pyrrole nitrogens is 1. The lowest BCUT2D eigenvalue weighted by molar-refractivity contribution is 0.873. The van der Waals surface area contributed by atoms with Crippen LogP contribution in [0.1, 0.15) is 5.82 Å². The summed E-state index contributed by atoms with van der Waals surface area (Å²) in [6.45, 7) is 1.84. The van der Waals surface area contributed by atoms with Gasteiger partial charge in [-0.1, -0.05) is 17.7 Å². The van der Waals surface area contributed by atoms with Crippen molar-refractivity contribution in [1.29, 1.82) is 0 Å². The molecule has 0 radical (unpaired) electrons. The Morgan fingerprint density at radius 3 is 3.00 bits per heavy atom. The molecule has 0 amide bonds. The number of halogens is 1. The molecule has 0 aliphatic heterocycles. The number of nitrogens with zero attached hydrogens (tertiary/aromatic N) is 2. The van der Waals surface area contributed by atoms with E-state index in [4.69, 9.17) is 11.6 Å². The molecule has 0 unspecified atom stereocenters. The molecule has 0 spiro atoms. The quantitative estimate of drug-likeness (QED) is 0.647. The van der Waals surface area contributed by atoms with Gasteiger partial charge in [0.1, 0.15) is 11.3 Å². The van der Waals surface area contributed by atoms with E-state index in [9.17, 15) is 4.79 Å². The fraction of sp³-hybridized carbons (Fsp3) is 0.0909. The number of aromatic amines is 1. The van der Waals surface area contributed by atoms with E-state index < -0.39 is 0 Å². The van der Waals surface area contributed by atoms with Crippen LogP contribution in [0.2, 0.25) is 5.02 Å². The molecule has 80 valence electrons. The topological polar surface area (TPSA) is 50.2 Å². The smallest absolute Gasteiger partial charge is 0.288 e. The molecule has 4 nitrogen and oxygen atoms in total. The van der Waals surface area contributed by atoms with E-state index in [1.165, 1.54) is 0 Å². The minimum Gasteiger partial charge on any atom is -0.291 e. The number of rotatable bonds is 0. The van der Waals surface area contributed by atoms with Crippen LogP contribution in [0.15, 0.2) is 29.1 Å². The lowest BCUT2D eigenvalue weighted by atomic mass is 10.2. The molecule has 2 heterocycles. The highest BCUT2D eigenvalue weighted by atomic mass is 35.5. The second-order valence-electron chi connectivity index (χ2n) is 3.64. The summed E-state index contributed by atoms with van der Waals surface area (Å²) in [5, 5.41) is 7.90. The minimum atomic E-state index is -0.210. The van der Waals surface area contributed by atoms with Crippen LogP contribution in [0.5, 0.6) is 0 Å². The van der Waals surface area contributed by atoms with Crippen molar-refractivity contribution in [1.82, 2.24) is 14.6 Å². The maximum atomic E-state index is 11.6. The van der Waals surface area contributed by atoms with Crippen molar-refractivity contribution in [2.45, 2.75) is 6.92 Å². The first-order valence-corrected chi connectivity index (χ1v) is 5.21. The average molecular weight is 234 g/mol. The summed E-state index contributed by atoms with van der Waals surface area (Å²) < 4.78 is 1.81. The Morgan fingerprint density at radius 2 is 2.19 bits per heavy atom. The molecule has 0 saturated heterocycles. The van der Waals surface area contributed by atoms with Gasteiger partial charge in [0.2, 0.25) is 0 Å². The van der Waals surface area contributed by atoms with Crippen molar-refractivity contribution in [3.63, 3.8) is 0 Å². The average Bonchev–Trinajstić information content (AvgIpc) is 2.66. The molecule has 0 bridgehead atoms. The van der Waals surface area contributed by atoms with Crippen LogP contribution in [0, 0.1) is 6.92 Å². The van der Waals surface area contributed by atoms with Gasteiger partial charge in [-0.2, -0.15) is 5.10 Å². The van der Waals surface area contributed by atoms with Crippen molar-refractivity contribution in [3.05, 3.63) is 45.5 Å². The number of hydrogen-bond donors (Lipinski definition) is 1. The predicted molar refractivity (Wildman–Crippen MR) is 63.1 cm³/mol. The SMILES string of the molecule is Cc1n[nH]c(=O)c2cc3c(Cl)cccc3n12. The maximum absolute atomic E-state index is 11.6. The lowest BCUT2D eigenvalue weighted by Gasteiger charge is -2.00. The fourth-order valence-electron chi connectivity index (χ4n) is 1.95. The third-order valence-electron chi connectivity index (χ3n) is 2.67. The first-order valence-electron chi connectivity index (χ1n) is 4.83. The largest absolute Gasteiger partial charge is 0.291 e. The lowest BCUT2D eigenvalue weighted by Crippen LogP contribution is -2.13. The summed E-state index contributed by atoms with van der Waals surface area (Å²) in [6.07, 6.45) is 0. The summed E-state index contributed by atoms with van der Waals surface area (Å²) in [4.78, 5) is 11.6. The van der Waals surface area contributed by atoms with Gasteiger partial charge in [0, 0.05) is 10.4 Å². The van der Waals surface area contributed by atoms with Gasteiger partial charge in [0.15, 0.2) is 0 Å². The molecule has 3 rings (SSSR count). The van der Waals surface area contributed by atoms with Gasteiger partial charge in [-0.15, -0.1) is 0 Å². The summed E-state index contributed by atoms with van der Waals surface area (Å²) in [6, 6.07) is 7.37.